The molecule has 2 fully saturated rings. The maximum absolute atomic E-state index is 9.27. The number of rotatable bonds is 2. The summed E-state index contributed by atoms with van der Waals surface area (Å²) in [5.41, 5.74) is 1.12. The van der Waals surface area contributed by atoms with Crippen molar-refractivity contribution in [2.75, 3.05) is 31.6 Å². The lowest BCUT2D eigenvalue weighted by Gasteiger charge is -2.39. The lowest BCUT2D eigenvalue weighted by molar-refractivity contribution is 0.202. The number of ether oxygens (including phenoxy) is 1. The van der Waals surface area contributed by atoms with Crippen LogP contribution in [0.3, 0.4) is 0 Å². The summed E-state index contributed by atoms with van der Waals surface area (Å²) in [6.45, 7) is 2.57. The number of fused-ring (bicyclic) bond motifs is 1. The third-order valence-electron chi connectivity index (χ3n) is 5.09. The molecule has 2 aromatic rings. The summed E-state index contributed by atoms with van der Waals surface area (Å²) in [5, 5.41) is 9.27. The predicted octanol–water partition coefficient (Wildman–Crippen LogP) is 1.46. The normalized spacial score (nSPS) is 21.7. The second-order valence-corrected chi connectivity index (χ2v) is 6.61. The van der Waals surface area contributed by atoms with Crippen molar-refractivity contribution in [2.24, 2.45) is 0 Å². The fourth-order valence-electron chi connectivity index (χ4n) is 3.80. The first-order valence-corrected chi connectivity index (χ1v) is 9.03. The lowest BCUT2D eigenvalue weighted by atomic mass is 10.1. The van der Waals surface area contributed by atoms with Gasteiger partial charge in [0.1, 0.15) is 11.8 Å². The first kappa shape index (κ1) is 17.3. The van der Waals surface area contributed by atoms with Crippen LogP contribution >= 0.6 is 0 Å². The average molecular weight is 360 g/mol. The number of methoxy groups -OCH3 is 1. The molecule has 0 amide bonds. The Balaban J connectivity index is 1.46. The zero-order valence-electron chi connectivity index (χ0n) is 15.2. The molecule has 0 spiro atoms. The molecule has 27 heavy (non-hydrogen) atoms. The molecule has 0 bridgehead atoms. The van der Waals surface area contributed by atoms with E-state index in [-0.39, 0.29) is 6.04 Å². The Labute approximate surface area is 158 Å². The molecule has 2 atom stereocenters. The van der Waals surface area contributed by atoms with Gasteiger partial charge >= 0.3 is 0 Å². The molecule has 2 aliphatic rings. The molecule has 7 heteroatoms. The summed E-state index contributed by atoms with van der Waals surface area (Å²) in [5.74, 6) is 7.85. The molecule has 2 unspecified atom stereocenters. The number of pyridine rings is 1. The van der Waals surface area contributed by atoms with E-state index in [4.69, 9.17) is 4.74 Å². The Kier molecular flexibility index (Phi) is 4.86. The molecule has 0 radical (unpaired) electrons. The van der Waals surface area contributed by atoms with Crippen molar-refractivity contribution in [3.63, 3.8) is 0 Å². The van der Waals surface area contributed by atoms with Crippen LogP contribution in [-0.2, 0) is 0 Å². The molecule has 136 valence electrons. The van der Waals surface area contributed by atoms with Crippen molar-refractivity contribution in [2.45, 2.75) is 24.9 Å². The maximum Gasteiger partial charge on any atom is 0.214 e. The summed E-state index contributed by atoms with van der Waals surface area (Å²) >= 11 is 0. The first-order chi connectivity index (χ1) is 13.3. The van der Waals surface area contributed by atoms with E-state index in [0.29, 0.717) is 23.4 Å². The summed E-state index contributed by atoms with van der Waals surface area (Å²) in [6.07, 6.45) is 5.34. The fourth-order valence-corrected chi connectivity index (χ4v) is 3.80. The summed E-state index contributed by atoms with van der Waals surface area (Å²) in [7, 11) is 1.61. The highest BCUT2D eigenvalue weighted by Gasteiger charge is 2.37. The van der Waals surface area contributed by atoms with Gasteiger partial charge in [0.15, 0.2) is 11.5 Å². The Morgan fingerprint density at radius 1 is 1.19 bits per heavy atom. The molecular formula is C20H20N6O. The molecule has 0 N–H and O–H groups in total. The van der Waals surface area contributed by atoms with Crippen LogP contribution in [0.25, 0.3) is 0 Å². The van der Waals surface area contributed by atoms with Crippen molar-refractivity contribution in [3.8, 4) is 23.8 Å². The molecule has 4 rings (SSSR count). The van der Waals surface area contributed by atoms with Gasteiger partial charge in [0, 0.05) is 44.1 Å². The van der Waals surface area contributed by atoms with Gasteiger partial charge in [-0.3, -0.25) is 4.90 Å². The van der Waals surface area contributed by atoms with E-state index in [9.17, 15) is 5.26 Å². The van der Waals surface area contributed by atoms with Crippen molar-refractivity contribution in [1.82, 2.24) is 19.9 Å². The molecule has 2 aliphatic heterocycles. The van der Waals surface area contributed by atoms with E-state index in [1.807, 2.05) is 18.2 Å². The quantitative estimate of drug-likeness (QED) is 0.750. The highest BCUT2D eigenvalue weighted by atomic mass is 16.5. The molecule has 0 aliphatic carbocycles. The van der Waals surface area contributed by atoms with Crippen LogP contribution in [0.5, 0.6) is 5.88 Å². The summed E-state index contributed by atoms with van der Waals surface area (Å²) in [4.78, 5) is 17.5. The van der Waals surface area contributed by atoms with Gasteiger partial charge in [-0.2, -0.15) is 5.26 Å². The third-order valence-corrected chi connectivity index (χ3v) is 5.09. The van der Waals surface area contributed by atoms with Gasteiger partial charge < -0.3 is 9.64 Å². The number of nitrogens with zero attached hydrogens (tertiary/aromatic N) is 6. The Hall–Kier alpha value is -3.16. The van der Waals surface area contributed by atoms with Crippen LogP contribution in [0.4, 0.5) is 5.82 Å². The maximum atomic E-state index is 9.27. The minimum absolute atomic E-state index is 0.238. The highest BCUT2D eigenvalue weighted by Crippen LogP contribution is 2.29. The monoisotopic (exact) mass is 360 g/mol. The Bertz CT molecular complexity index is 928. The Morgan fingerprint density at radius 2 is 2.07 bits per heavy atom. The second-order valence-electron chi connectivity index (χ2n) is 6.61. The standard InChI is InChI=1S/C20H20N6O/c1-27-19-4-2-3-15(24-19)5-6-16-7-8-17-14-25(11-12-26(16)17)20-18(13-21)22-9-10-23-20/h2-4,9-10,16-17H,7-8,11-12,14H2,1H3. The SMILES string of the molecule is COc1cccc(C#CC2CCC3CN(c4nccnc4C#N)CCN23)n1. The first-order valence-electron chi connectivity index (χ1n) is 9.03. The van der Waals surface area contributed by atoms with E-state index >= 15 is 0 Å². The number of aromatic nitrogens is 3. The van der Waals surface area contributed by atoms with E-state index in [0.717, 1.165) is 38.2 Å². The minimum Gasteiger partial charge on any atom is -0.481 e. The predicted molar refractivity (Wildman–Crippen MR) is 100 cm³/mol. The van der Waals surface area contributed by atoms with Gasteiger partial charge in [0.25, 0.3) is 0 Å². The average Bonchev–Trinajstić information content (AvgIpc) is 3.14. The molecule has 7 nitrogen and oxygen atoms in total. The number of hydrogen-bond donors (Lipinski definition) is 0. The summed E-state index contributed by atoms with van der Waals surface area (Å²) in [6, 6.07) is 8.42. The van der Waals surface area contributed by atoms with E-state index < -0.39 is 0 Å². The highest BCUT2D eigenvalue weighted by molar-refractivity contribution is 5.50. The van der Waals surface area contributed by atoms with Crippen molar-refractivity contribution in [3.05, 3.63) is 42.0 Å². The van der Waals surface area contributed by atoms with Crippen molar-refractivity contribution in [1.29, 1.82) is 5.26 Å². The second kappa shape index (κ2) is 7.61. The van der Waals surface area contributed by atoms with E-state index in [1.165, 1.54) is 0 Å². The molecule has 2 saturated heterocycles. The minimum atomic E-state index is 0.238. The van der Waals surface area contributed by atoms with Crippen LogP contribution in [0.15, 0.2) is 30.6 Å². The van der Waals surface area contributed by atoms with Crippen LogP contribution < -0.4 is 9.64 Å². The molecule has 2 aromatic heterocycles. The van der Waals surface area contributed by atoms with Crippen LogP contribution in [0, 0.1) is 23.2 Å². The van der Waals surface area contributed by atoms with Crippen molar-refractivity contribution < 1.29 is 4.74 Å². The molecular weight excluding hydrogens is 340 g/mol. The van der Waals surface area contributed by atoms with Crippen LogP contribution in [-0.4, -0.2) is 58.7 Å². The third kappa shape index (κ3) is 3.55. The van der Waals surface area contributed by atoms with Crippen molar-refractivity contribution >= 4 is 5.82 Å². The van der Waals surface area contributed by atoms with Gasteiger partial charge in [-0.1, -0.05) is 12.0 Å². The largest absolute Gasteiger partial charge is 0.481 e. The number of hydrogen-bond acceptors (Lipinski definition) is 7. The molecule has 0 saturated carbocycles. The zero-order chi connectivity index (χ0) is 18.6. The fraction of sp³-hybridized carbons (Fsp3) is 0.400. The number of nitriles is 1. The van der Waals surface area contributed by atoms with E-state index in [1.54, 1.807) is 19.5 Å². The summed E-state index contributed by atoms with van der Waals surface area (Å²) < 4.78 is 5.16. The van der Waals surface area contributed by atoms with Crippen LogP contribution in [0.1, 0.15) is 24.2 Å². The van der Waals surface area contributed by atoms with Gasteiger partial charge in [0.05, 0.1) is 13.2 Å². The van der Waals surface area contributed by atoms with Gasteiger partial charge in [-0.15, -0.1) is 0 Å². The van der Waals surface area contributed by atoms with E-state index in [2.05, 4.69) is 42.7 Å². The number of anilines is 1. The Morgan fingerprint density at radius 3 is 2.93 bits per heavy atom. The zero-order valence-corrected chi connectivity index (χ0v) is 15.2. The van der Waals surface area contributed by atoms with Gasteiger partial charge in [0.2, 0.25) is 5.88 Å². The number of piperazine rings is 1. The molecule has 0 aromatic carbocycles. The van der Waals surface area contributed by atoms with Gasteiger partial charge in [-0.25, -0.2) is 15.0 Å². The molecule has 4 heterocycles. The van der Waals surface area contributed by atoms with Gasteiger partial charge in [-0.05, 0) is 24.8 Å². The topological polar surface area (TPSA) is 78.2 Å². The lowest BCUT2D eigenvalue weighted by Crippen LogP contribution is -2.52. The van der Waals surface area contributed by atoms with Crippen LogP contribution in [0.2, 0.25) is 0 Å². The smallest absolute Gasteiger partial charge is 0.214 e.